The quantitative estimate of drug-likeness (QED) is 0.499. The average molecular weight is 456 g/mol. The number of ketones is 2. The molecular formula is C25H29NO7. The van der Waals surface area contributed by atoms with Crippen LogP contribution in [0.4, 0.5) is 0 Å². The number of rotatable bonds is 5. The van der Waals surface area contributed by atoms with Gasteiger partial charge in [0.1, 0.15) is 22.8 Å². The van der Waals surface area contributed by atoms with Gasteiger partial charge in [0, 0.05) is 19.1 Å². The van der Waals surface area contributed by atoms with E-state index in [2.05, 4.69) is 0 Å². The summed E-state index contributed by atoms with van der Waals surface area (Å²) in [5.41, 5.74) is 7.28. The number of Topliss-reactive ketones (excluding diaryl/α,β-unsaturated/α-hetero) is 2. The lowest BCUT2D eigenvalue weighted by Crippen LogP contribution is -2.44. The number of methoxy groups -OCH3 is 1. The number of phenols is 1. The number of aliphatic hydroxyl groups is 2. The normalized spacial score (nSPS) is 24.7. The van der Waals surface area contributed by atoms with E-state index in [0.717, 1.165) is 11.1 Å². The first-order valence-corrected chi connectivity index (χ1v) is 11.2. The van der Waals surface area contributed by atoms with Crippen LogP contribution in [-0.4, -0.2) is 39.9 Å². The Balaban J connectivity index is 1.89. The van der Waals surface area contributed by atoms with Gasteiger partial charge in [0.25, 0.3) is 5.91 Å². The third kappa shape index (κ3) is 3.62. The minimum Gasteiger partial charge on any atom is -0.511 e. The highest BCUT2D eigenvalue weighted by molar-refractivity contribution is 6.21. The van der Waals surface area contributed by atoms with Gasteiger partial charge in [-0.3, -0.25) is 14.4 Å². The molecule has 0 aliphatic heterocycles. The van der Waals surface area contributed by atoms with E-state index >= 15 is 0 Å². The Morgan fingerprint density at radius 2 is 1.88 bits per heavy atom. The van der Waals surface area contributed by atoms with Crippen molar-refractivity contribution in [2.75, 3.05) is 7.11 Å². The SMILES string of the molecule is COCc1cc(CC(C)C)c(O)c2c1CC1CC3CC(=O)C(C(N)=O)=C(O)C3C(=O)C1=C2O. The number of carbonyl (C=O) groups is 3. The Labute approximate surface area is 191 Å². The summed E-state index contributed by atoms with van der Waals surface area (Å²) in [5, 5.41) is 32.9. The molecule has 0 radical (unpaired) electrons. The number of allylic oxidation sites excluding steroid dienone is 2. The number of benzene rings is 1. The number of hydrogen-bond acceptors (Lipinski definition) is 7. The minimum absolute atomic E-state index is 0.0617. The Hall–Kier alpha value is -3.13. The van der Waals surface area contributed by atoms with E-state index in [0.29, 0.717) is 24.8 Å². The van der Waals surface area contributed by atoms with Crippen LogP contribution < -0.4 is 5.73 Å². The summed E-state index contributed by atoms with van der Waals surface area (Å²) in [6.45, 7) is 4.32. The highest BCUT2D eigenvalue weighted by atomic mass is 16.5. The summed E-state index contributed by atoms with van der Waals surface area (Å²) in [5.74, 6) is -4.90. The van der Waals surface area contributed by atoms with E-state index in [1.165, 1.54) is 0 Å². The zero-order chi connectivity index (χ0) is 24.2. The Bertz CT molecular complexity index is 1130. The van der Waals surface area contributed by atoms with Gasteiger partial charge in [0.2, 0.25) is 0 Å². The first-order chi connectivity index (χ1) is 15.6. The molecule has 1 amide bonds. The summed E-state index contributed by atoms with van der Waals surface area (Å²) in [4.78, 5) is 37.6. The fourth-order valence-corrected chi connectivity index (χ4v) is 5.73. The van der Waals surface area contributed by atoms with Gasteiger partial charge in [-0.2, -0.15) is 0 Å². The van der Waals surface area contributed by atoms with Crippen LogP contribution >= 0.6 is 0 Å². The Kier molecular flexibility index (Phi) is 5.82. The smallest absolute Gasteiger partial charge is 0.255 e. The molecule has 1 aromatic rings. The molecule has 8 nitrogen and oxygen atoms in total. The van der Waals surface area contributed by atoms with Gasteiger partial charge in [0.15, 0.2) is 11.6 Å². The van der Waals surface area contributed by atoms with E-state index in [1.807, 2.05) is 19.9 Å². The number of nitrogens with two attached hydrogens (primary N) is 1. The second-order valence-corrected chi connectivity index (χ2v) is 9.68. The topological polar surface area (TPSA) is 147 Å². The molecule has 8 heteroatoms. The minimum atomic E-state index is -1.11. The maximum Gasteiger partial charge on any atom is 0.255 e. The molecule has 1 aromatic carbocycles. The number of hydrogen-bond donors (Lipinski definition) is 4. The Morgan fingerprint density at radius 3 is 2.48 bits per heavy atom. The van der Waals surface area contributed by atoms with E-state index in [4.69, 9.17) is 10.5 Å². The van der Waals surface area contributed by atoms with Gasteiger partial charge in [-0.15, -0.1) is 0 Å². The van der Waals surface area contributed by atoms with Crippen molar-refractivity contribution >= 4 is 23.2 Å². The van der Waals surface area contributed by atoms with Crippen LogP contribution in [0.5, 0.6) is 5.75 Å². The number of carbonyl (C=O) groups excluding carboxylic acids is 3. The van der Waals surface area contributed by atoms with Crippen LogP contribution in [-0.2, 0) is 38.6 Å². The molecule has 1 saturated carbocycles. The molecule has 0 spiro atoms. The van der Waals surface area contributed by atoms with E-state index < -0.39 is 40.6 Å². The number of aliphatic hydroxyl groups excluding tert-OH is 2. The van der Waals surface area contributed by atoms with Gasteiger partial charge < -0.3 is 25.8 Å². The molecule has 0 heterocycles. The van der Waals surface area contributed by atoms with Crippen LogP contribution in [0, 0.1) is 23.7 Å². The molecule has 176 valence electrons. The number of amides is 1. The van der Waals surface area contributed by atoms with Crippen LogP contribution in [0.3, 0.4) is 0 Å². The van der Waals surface area contributed by atoms with Crippen molar-refractivity contribution in [2.45, 2.75) is 46.1 Å². The van der Waals surface area contributed by atoms with E-state index in [9.17, 15) is 29.7 Å². The summed E-state index contributed by atoms with van der Waals surface area (Å²) in [7, 11) is 1.57. The van der Waals surface area contributed by atoms with Crippen LogP contribution in [0.1, 0.15) is 48.9 Å². The number of fused-ring (bicyclic) bond motifs is 3. The summed E-state index contributed by atoms with van der Waals surface area (Å²) in [6.07, 6.45) is 1.27. The standard InChI is InChI=1S/C25H29NO7/c1-10(2)4-13-6-14(9-33-3)15-7-11-5-12-8-16(27)20(25(26)32)24(31)18(12)22(29)17(11)23(30)19(15)21(13)28/h6,10-12,18,28,30-31H,4-5,7-9H2,1-3H3,(H2,26,32). The molecule has 3 aliphatic rings. The largest absolute Gasteiger partial charge is 0.511 e. The van der Waals surface area contributed by atoms with Crippen molar-refractivity contribution in [1.82, 2.24) is 0 Å². The third-order valence-electron chi connectivity index (χ3n) is 6.99. The van der Waals surface area contributed by atoms with Gasteiger partial charge in [-0.05, 0) is 59.8 Å². The van der Waals surface area contributed by atoms with Gasteiger partial charge in [-0.1, -0.05) is 13.8 Å². The molecule has 5 N–H and O–H groups in total. The molecule has 0 bridgehead atoms. The number of aromatic hydroxyl groups is 1. The zero-order valence-corrected chi connectivity index (χ0v) is 19.0. The molecule has 0 saturated heterocycles. The summed E-state index contributed by atoms with van der Waals surface area (Å²) < 4.78 is 5.36. The first kappa shape index (κ1) is 23.0. The van der Waals surface area contributed by atoms with Crippen molar-refractivity contribution in [1.29, 1.82) is 0 Å². The number of ether oxygens (including phenoxy) is 1. The van der Waals surface area contributed by atoms with Crippen molar-refractivity contribution < 1.29 is 34.4 Å². The average Bonchev–Trinajstić information content (AvgIpc) is 2.70. The summed E-state index contributed by atoms with van der Waals surface area (Å²) in [6, 6.07) is 1.89. The molecule has 0 aromatic heterocycles. The molecule has 3 aliphatic carbocycles. The summed E-state index contributed by atoms with van der Waals surface area (Å²) >= 11 is 0. The lowest BCUT2D eigenvalue weighted by molar-refractivity contribution is -0.127. The molecule has 1 fully saturated rings. The van der Waals surface area contributed by atoms with Crippen molar-refractivity contribution in [2.24, 2.45) is 29.4 Å². The maximum absolute atomic E-state index is 13.5. The van der Waals surface area contributed by atoms with Gasteiger partial charge >= 0.3 is 0 Å². The van der Waals surface area contributed by atoms with Gasteiger partial charge in [0.05, 0.1) is 18.1 Å². The fourth-order valence-electron chi connectivity index (χ4n) is 5.73. The zero-order valence-electron chi connectivity index (χ0n) is 19.0. The van der Waals surface area contributed by atoms with Crippen molar-refractivity contribution in [3.05, 3.63) is 45.2 Å². The third-order valence-corrected chi connectivity index (χ3v) is 6.99. The lowest BCUT2D eigenvalue weighted by atomic mass is 9.61. The predicted octanol–water partition coefficient (Wildman–Crippen LogP) is 2.65. The van der Waals surface area contributed by atoms with Crippen molar-refractivity contribution in [3.8, 4) is 5.75 Å². The van der Waals surface area contributed by atoms with Crippen LogP contribution in [0.25, 0.3) is 5.76 Å². The van der Waals surface area contributed by atoms with Gasteiger partial charge in [-0.25, -0.2) is 0 Å². The molecule has 4 rings (SSSR count). The monoisotopic (exact) mass is 455 g/mol. The number of phenolic OH excluding ortho intramolecular Hbond substituents is 1. The molecular weight excluding hydrogens is 426 g/mol. The van der Waals surface area contributed by atoms with Crippen LogP contribution in [0.2, 0.25) is 0 Å². The molecule has 3 atom stereocenters. The predicted molar refractivity (Wildman–Crippen MR) is 119 cm³/mol. The lowest BCUT2D eigenvalue weighted by Gasteiger charge is -2.41. The number of primary amides is 1. The maximum atomic E-state index is 13.5. The highest BCUT2D eigenvalue weighted by Gasteiger charge is 2.51. The molecule has 3 unspecified atom stereocenters. The second kappa shape index (κ2) is 8.33. The second-order valence-electron chi connectivity index (χ2n) is 9.68. The van der Waals surface area contributed by atoms with E-state index in [-0.39, 0.29) is 47.5 Å². The fraction of sp³-hybridized carbons (Fsp3) is 0.480. The van der Waals surface area contributed by atoms with Crippen molar-refractivity contribution in [3.63, 3.8) is 0 Å². The first-order valence-electron chi connectivity index (χ1n) is 11.2. The molecule has 33 heavy (non-hydrogen) atoms. The van der Waals surface area contributed by atoms with Crippen LogP contribution in [0.15, 0.2) is 23.0 Å². The highest BCUT2D eigenvalue weighted by Crippen LogP contribution is 2.51. The van der Waals surface area contributed by atoms with E-state index in [1.54, 1.807) is 7.11 Å². The Morgan fingerprint density at radius 1 is 1.18 bits per heavy atom.